The molecular formula is C65H40N2O. The molecule has 2 aliphatic carbocycles. The zero-order valence-electron chi connectivity index (χ0n) is 36.9. The summed E-state index contributed by atoms with van der Waals surface area (Å²) in [5.41, 5.74) is 20.7. The molecule has 2 aromatic heterocycles. The highest BCUT2D eigenvalue weighted by atomic mass is 16.3. The molecule has 13 aromatic rings. The van der Waals surface area contributed by atoms with Gasteiger partial charge in [0.2, 0.25) is 0 Å². The van der Waals surface area contributed by atoms with Gasteiger partial charge in [-0.15, -0.1) is 0 Å². The summed E-state index contributed by atoms with van der Waals surface area (Å²) in [5.74, 6) is 0. The van der Waals surface area contributed by atoms with Gasteiger partial charge in [0.25, 0.3) is 0 Å². The van der Waals surface area contributed by atoms with Gasteiger partial charge in [-0.2, -0.15) is 0 Å². The van der Waals surface area contributed by atoms with Gasteiger partial charge in [-0.3, -0.25) is 0 Å². The number of fused-ring (bicyclic) bond motifs is 18. The lowest BCUT2D eigenvalue weighted by atomic mass is 9.70. The van der Waals surface area contributed by atoms with Gasteiger partial charge >= 0.3 is 0 Å². The lowest BCUT2D eigenvalue weighted by Crippen LogP contribution is -2.26. The molecule has 0 bridgehead atoms. The number of para-hydroxylation sites is 3. The second kappa shape index (κ2) is 14.0. The highest BCUT2D eigenvalue weighted by molar-refractivity contribution is 6.23. The minimum absolute atomic E-state index is 0.478. The second-order valence-corrected chi connectivity index (χ2v) is 18.3. The molecule has 3 heteroatoms. The molecule has 68 heavy (non-hydrogen) atoms. The molecule has 0 amide bonds. The zero-order valence-corrected chi connectivity index (χ0v) is 36.9. The van der Waals surface area contributed by atoms with Crippen molar-refractivity contribution in [3.8, 4) is 39.1 Å². The van der Waals surface area contributed by atoms with Crippen LogP contribution < -0.4 is 4.90 Å². The van der Waals surface area contributed by atoms with Gasteiger partial charge < -0.3 is 13.9 Å². The number of benzene rings is 11. The van der Waals surface area contributed by atoms with E-state index in [4.69, 9.17) is 4.42 Å². The Bertz CT molecular complexity index is 4090. The van der Waals surface area contributed by atoms with Crippen molar-refractivity contribution in [2.75, 3.05) is 4.90 Å². The van der Waals surface area contributed by atoms with Crippen LogP contribution >= 0.6 is 0 Å². The summed E-state index contributed by atoms with van der Waals surface area (Å²) >= 11 is 0. The van der Waals surface area contributed by atoms with Gasteiger partial charge in [-0.05, 0) is 127 Å². The van der Waals surface area contributed by atoms with Crippen molar-refractivity contribution in [2.45, 2.75) is 5.41 Å². The van der Waals surface area contributed by atoms with Crippen LogP contribution in [0.5, 0.6) is 0 Å². The predicted molar refractivity (Wildman–Crippen MR) is 282 cm³/mol. The third-order valence-corrected chi connectivity index (χ3v) is 15.0. The van der Waals surface area contributed by atoms with Crippen LogP contribution in [0.2, 0.25) is 0 Å². The topological polar surface area (TPSA) is 21.3 Å². The Balaban J connectivity index is 0.931. The van der Waals surface area contributed by atoms with Gasteiger partial charge in [-0.25, -0.2) is 0 Å². The van der Waals surface area contributed by atoms with Gasteiger partial charge in [0, 0.05) is 38.6 Å². The standard InChI is InChI=1S/C65H40N2O/c1-2-16-47-43(15-1)39-61(64-63(47)54-22-8-14-28-62(54)68-64)66(44-33-29-41(30-34-44)42-31-35-45(36-32-42)67-59-26-12-6-20-52(59)53-21-7-13-27-60(53)67)46-37-38-51-50-19-5-11-25-57(50)65(58(51)40-46)55-23-9-3-17-48(55)49-18-4-10-24-56(49)65/h1-40H. The van der Waals surface area contributed by atoms with Crippen LogP contribution in [0.15, 0.2) is 247 Å². The summed E-state index contributed by atoms with van der Waals surface area (Å²) in [6.45, 7) is 0. The largest absolute Gasteiger partial charge is 0.454 e. The van der Waals surface area contributed by atoms with Crippen molar-refractivity contribution in [1.82, 2.24) is 4.57 Å². The molecular weight excluding hydrogens is 825 g/mol. The molecule has 2 heterocycles. The molecule has 0 radical (unpaired) electrons. The third-order valence-electron chi connectivity index (χ3n) is 15.0. The van der Waals surface area contributed by atoms with E-state index in [1.165, 1.54) is 71.7 Å². The fourth-order valence-corrected chi connectivity index (χ4v) is 12.2. The first-order valence-corrected chi connectivity index (χ1v) is 23.5. The predicted octanol–water partition coefficient (Wildman–Crippen LogP) is 17.3. The number of hydrogen-bond acceptors (Lipinski definition) is 2. The Morgan fingerprint density at radius 2 is 0.853 bits per heavy atom. The summed E-state index contributed by atoms with van der Waals surface area (Å²) in [6.07, 6.45) is 0. The monoisotopic (exact) mass is 864 g/mol. The van der Waals surface area contributed by atoms with Crippen LogP contribution in [0.25, 0.3) is 93.6 Å². The Labute approximate surface area is 393 Å². The molecule has 0 fully saturated rings. The quantitative estimate of drug-likeness (QED) is 0.172. The molecule has 0 N–H and O–H groups in total. The van der Waals surface area contributed by atoms with Crippen molar-refractivity contribution in [3.63, 3.8) is 0 Å². The van der Waals surface area contributed by atoms with E-state index < -0.39 is 5.41 Å². The van der Waals surface area contributed by atoms with Gasteiger partial charge in [-0.1, -0.05) is 182 Å². The molecule has 15 rings (SSSR count). The maximum Gasteiger partial charge on any atom is 0.160 e. The van der Waals surface area contributed by atoms with E-state index in [1.807, 2.05) is 0 Å². The van der Waals surface area contributed by atoms with Gasteiger partial charge in [0.05, 0.1) is 22.1 Å². The number of furan rings is 1. The molecule has 2 aliphatic rings. The van der Waals surface area contributed by atoms with Crippen LogP contribution in [0.1, 0.15) is 22.3 Å². The Morgan fingerprint density at radius 3 is 1.49 bits per heavy atom. The molecule has 11 aromatic carbocycles. The Kier molecular flexibility index (Phi) is 7.71. The normalized spacial score (nSPS) is 13.1. The van der Waals surface area contributed by atoms with E-state index in [2.05, 4.69) is 252 Å². The maximum absolute atomic E-state index is 6.99. The summed E-state index contributed by atoms with van der Waals surface area (Å²) in [6, 6.07) is 89.2. The minimum Gasteiger partial charge on any atom is -0.454 e. The second-order valence-electron chi connectivity index (χ2n) is 18.3. The van der Waals surface area contributed by atoms with E-state index in [9.17, 15) is 0 Å². The van der Waals surface area contributed by atoms with Crippen molar-refractivity contribution in [1.29, 1.82) is 0 Å². The molecule has 316 valence electrons. The molecule has 0 saturated carbocycles. The maximum atomic E-state index is 6.99. The van der Waals surface area contributed by atoms with Crippen LogP contribution in [-0.2, 0) is 5.41 Å². The van der Waals surface area contributed by atoms with Gasteiger partial charge in [0.1, 0.15) is 5.58 Å². The van der Waals surface area contributed by atoms with E-state index in [0.29, 0.717) is 0 Å². The first-order valence-electron chi connectivity index (χ1n) is 23.5. The lowest BCUT2D eigenvalue weighted by Gasteiger charge is -2.32. The van der Waals surface area contributed by atoms with Crippen LogP contribution in [0.4, 0.5) is 17.1 Å². The summed E-state index contributed by atoms with van der Waals surface area (Å²) in [4.78, 5) is 2.43. The number of rotatable bonds is 5. The number of anilines is 3. The van der Waals surface area contributed by atoms with Crippen molar-refractivity contribution >= 4 is 71.6 Å². The van der Waals surface area contributed by atoms with E-state index in [0.717, 1.165) is 61.2 Å². The molecule has 0 saturated heterocycles. The Hall–Kier alpha value is -8.92. The van der Waals surface area contributed by atoms with Crippen LogP contribution in [0.3, 0.4) is 0 Å². The lowest BCUT2D eigenvalue weighted by molar-refractivity contribution is 0.669. The summed E-state index contributed by atoms with van der Waals surface area (Å²) < 4.78 is 9.36. The zero-order chi connectivity index (χ0) is 44.5. The highest BCUT2D eigenvalue weighted by Crippen LogP contribution is 2.63. The van der Waals surface area contributed by atoms with Gasteiger partial charge in [0.15, 0.2) is 5.58 Å². The SMILES string of the molecule is c1ccc2c(c1)-c1ccccc1C21c2ccccc2-c2ccc(N(c3ccc(-c4ccc(-n5c6ccccc6c6ccccc65)cc4)cc3)c3cc4ccccc4c4c3oc3ccccc34)cc21. The van der Waals surface area contributed by atoms with Crippen LogP contribution in [0, 0.1) is 0 Å². The average Bonchev–Trinajstić information content (AvgIpc) is 4.13. The number of nitrogens with zero attached hydrogens (tertiary/aromatic N) is 2. The fourth-order valence-electron chi connectivity index (χ4n) is 12.2. The minimum atomic E-state index is -0.478. The summed E-state index contributed by atoms with van der Waals surface area (Å²) in [7, 11) is 0. The first kappa shape index (κ1) is 37.3. The molecule has 0 aliphatic heterocycles. The van der Waals surface area contributed by atoms with E-state index >= 15 is 0 Å². The molecule has 0 atom stereocenters. The van der Waals surface area contributed by atoms with E-state index in [1.54, 1.807) is 0 Å². The van der Waals surface area contributed by atoms with Crippen molar-refractivity contribution in [2.24, 2.45) is 0 Å². The van der Waals surface area contributed by atoms with E-state index in [-0.39, 0.29) is 0 Å². The third kappa shape index (κ3) is 5.02. The first-order chi connectivity index (χ1) is 33.7. The molecule has 3 nitrogen and oxygen atoms in total. The number of aromatic nitrogens is 1. The smallest absolute Gasteiger partial charge is 0.160 e. The average molecular weight is 865 g/mol. The summed E-state index contributed by atoms with van der Waals surface area (Å²) in [5, 5.41) is 7.11. The van der Waals surface area contributed by atoms with Crippen molar-refractivity contribution < 1.29 is 4.42 Å². The fraction of sp³-hybridized carbons (Fsp3) is 0.0154. The molecule has 0 unspecified atom stereocenters. The van der Waals surface area contributed by atoms with Crippen molar-refractivity contribution in [3.05, 3.63) is 265 Å². The highest BCUT2D eigenvalue weighted by Gasteiger charge is 2.51. The number of hydrogen-bond donors (Lipinski definition) is 0. The van der Waals surface area contributed by atoms with Crippen LogP contribution in [-0.4, -0.2) is 4.57 Å². The Morgan fingerprint density at radius 1 is 0.368 bits per heavy atom. The molecule has 1 spiro atoms.